The normalized spacial score (nSPS) is 17.0. The molecule has 100 valence electrons. The van der Waals surface area contributed by atoms with E-state index in [0.29, 0.717) is 12.6 Å². The maximum Gasteiger partial charge on any atom is 0.119 e. The first-order valence-corrected chi connectivity index (χ1v) is 6.04. The molecule has 2 N–H and O–H groups in total. The molecule has 1 heterocycles. The van der Waals surface area contributed by atoms with E-state index in [1.165, 1.54) is 0 Å². The highest BCUT2D eigenvalue weighted by atomic mass is 16.5. The van der Waals surface area contributed by atoms with Crippen molar-refractivity contribution in [1.29, 1.82) is 0 Å². The van der Waals surface area contributed by atoms with E-state index in [0.717, 1.165) is 24.7 Å². The second-order valence-electron chi connectivity index (χ2n) is 4.28. The van der Waals surface area contributed by atoms with Crippen LogP contribution in [0.3, 0.4) is 0 Å². The Morgan fingerprint density at radius 3 is 2.56 bits per heavy atom. The van der Waals surface area contributed by atoms with Gasteiger partial charge in [0.1, 0.15) is 24.2 Å². The number of benzene rings is 1. The summed E-state index contributed by atoms with van der Waals surface area (Å²) in [6, 6.07) is 7.66. The van der Waals surface area contributed by atoms with Crippen LogP contribution in [0, 0.1) is 0 Å². The molecule has 5 heteroatoms. The van der Waals surface area contributed by atoms with Gasteiger partial charge in [-0.1, -0.05) is 0 Å². The topological polar surface area (TPSA) is 60.0 Å². The van der Waals surface area contributed by atoms with Crippen molar-refractivity contribution in [3.63, 3.8) is 0 Å². The molecule has 0 spiro atoms. The van der Waals surface area contributed by atoms with E-state index >= 15 is 0 Å². The van der Waals surface area contributed by atoms with Crippen LogP contribution in [0.15, 0.2) is 24.3 Å². The molecule has 5 nitrogen and oxygen atoms in total. The predicted molar refractivity (Wildman–Crippen MR) is 67.1 cm³/mol. The van der Waals surface area contributed by atoms with Gasteiger partial charge in [-0.2, -0.15) is 0 Å². The predicted octanol–water partition coefficient (Wildman–Crippen LogP) is 0.423. The highest BCUT2D eigenvalue weighted by molar-refractivity contribution is 5.31. The molecule has 2 rings (SSSR count). The number of hydrogen-bond acceptors (Lipinski definition) is 5. The van der Waals surface area contributed by atoms with Gasteiger partial charge in [-0.3, -0.25) is 0 Å². The molecule has 0 aromatic heterocycles. The van der Waals surface area contributed by atoms with Crippen LogP contribution in [0.4, 0.5) is 0 Å². The Morgan fingerprint density at radius 1 is 1.33 bits per heavy atom. The van der Waals surface area contributed by atoms with E-state index in [2.05, 4.69) is 5.32 Å². The van der Waals surface area contributed by atoms with E-state index in [1.54, 1.807) is 7.11 Å². The number of rotatable bonds is 7. The molecule has 1 unspecified atom stereocenters. The monoisotopic (exact) mass is 253 g/mol. The average molecular weight is 253 g/mol. The second kappa shape index (κ2) is 6.58. The van der Waals surface area contributed by atoms with Crippen molar-refractivity contribution < 1.29 is 19.3 Å². The van der Waals surface area contributed by atoms with Crippen LogP contribution in [0.5, 0.6) is 11.5 Å². The number of aliphatic hydroxyl groups is 1. The van der Waals surface area contributed by atoms with Gasteiger partial charge in [0.2, 0.25) is 0 Å². The van der Waals surface area contributed by atoms with E-state index in [1.807, 2.05) is 24.3 Å². The van der Waals surface area contributed by atoms with Gasteiger partial charge in [0.25, 0.3) is 0 Å². The van der Waals surface area contributed by atoms with Gasteiger partial charge in [-0.25, -0.2) is 0 Å². The SMILES string of the molecule is COc1ccc(OCC(O)CNC2COC2)cc1. The summed E-state index contributed by atoms with van der Waals surface area (Å²) in [5.41, 5.74) is 0. The summed E-state index contributed by atoms with van der Waals surface area (Å²) in [7, 11) is 1.62. The molecule has 1 saturated heterocycles. The minimum Gasteiger partial charge on any atom is -0.497 e. The number of methoxy groups -OCH3 is 1. The first-order chi connectivity index (χ1) is 8.78. The van der Waals surface area contributed by atoms with Crippen LogP contribution in [-0.2, 0) is 4.74 Å². The zero-order chi connectivity index (χ0) is 12.8. The summed E-state index contributed by atoms with van der Waals surface area (Å²) in [5.74, 6) is 1.51. The van der Waals surface area contributed by atoms with Gasteiger partial charge in [0.05, 0.1) is 26.4 Å². The molecule has 0 aliphatic carbocycles. The summed E-state index contributed by atoms with van der Waals surface area (Å²) in [5, 5.41) is 12.9. The van der Waals surface area contributed by atoms with Gasteiger partial charge >= 0.3 is 0 Å². The summed E-state index contributed by atoms with van der Waals surface area (Å²) >= 11 is 0. The fraction of sp³-hybridized carbons (Fsp3) is 0.538. The van der Waals surface area contributed by atoms with E-state index < -0.39 is 6.10 Å². The van der Waals surface area contributed by atoms with Crippen LogP contribution in [0.2, 0.25) is 0 Å². The molecular formula is C13H19NO4. The summed E-state index contributed by atoms with van der Waals surface area (Å²) in [4.78, 5) is 0. The van der Waals surface area contributed by atoms with E-state index in [9.17, 15) is 5.11 Å². The molecular weight excluding hydrogens is 234 g/mol. The highest BCUT2D eigenvalue weighted by Gasteiger charge is 2.18. The van der Waals surface area contributed by atoms with E-state index in [-0.39, 0.29) is 6.61 Å². The average Bonchev–Trinajstić information content (AvgIpc) is 2.35. The van der Waals surface area contributed by atoms with Crippen LogP contribution in [0.1, 0.15) is 0 Å². The van der Waals surface area contributed by atoms with Crippen LogP contribution in [-0.4, -0.2) is 50.7 Å². The molecule has 1 atom stereocenters. The third kappa shape index (κ3) is 3.87. The molecule has 1 aromatic carbocycles. The fourth-order valence-corrected chi connectivity index (χ4v) is 1.58. The second-order valence-corrected chi connectivity index (χ2v) is 4.28. The van der Waals surface area contributed by atoms with E-state index in [4.69, 9.17) is 14.2 Å². The van der Waals surface area contributed by atoms with Crippen molar-refractivity contribution in [2.75, 3.05) is 33.5 Å². The lowest BCUT2D eigenvalue weighted by Crippen LogP contribution is -2.49. The minimum atomic E-state index is -0.521. The summed E-state index contributed by atoms with van der Waals surface area (Å²) in [6.07, 6.45) is -0.521. The van der Waals surface area contributed by atoms with Crippen molar-refractivity contribution in [2.24, 2.45) is 0 Å². The lowest BCUT2D eigenvalue weighted by molar-refractivity contribution is -0.0118. The Balaban J connectivity index is 1.65. The number of aliphatic hydroxyl groups excluding tert-OH is 1. The lowest BCUT2D eigenvalue weighted by Gasteiger charge is -2.28. The molecule has 0 radical (unpaired) electrons. The standard InChI is InChI=1S/C13H19NO4/c1-16-12-2-4-13(5-3-12)18-9-11(15)6-14-10-7-17-8-10/h2-5,10-11,14-15H,6-9H2,1H3. The number of hydrogen-bond donors (Lipinski definition) is 2. The highest BCUT2D eigenvalue weighted by Crippen LogP contribution is 2.17. The smallest absolute Gasteiger partial charge is 0.119 e. The van der Waals surface area contributed by atoms with Crippen LogP contribution >= 0.6 is 0 Å². The number of nitrogens with one attached hydrogen (secondary N) is 1. The van der Waals surface area contributed by atoms with Gasteiger partial charge in [0.15, 0.2) is 0 Å². The van der Waals surface area contributed by atoms with Gasteiger partial charge in [-0.05, 0) is 24.3 Å². The molecule has 18 heavy (non-hydrogen) atoms. The van der Waals surface area contributed by atoms with Gasteiger partial charge in [0, 0.05) is 6.54 Å². The fourth-order valence-electron chi connectivity index (χ4n) is 1.58. The first-order valence-electron chi connectivity index (χ1n) is 6.04. The van der Waals surface area contributed by atoms with Crippen LogP contribution in [0.25, 0.3) is 0 Å². The Labute approximate surface area is 107 Å². The van der Waals surface area contributed by atoms with Gasteiger partial charge < -0.3 is 24.6 Å². The molecule has 0 bridgehead atoms. The zero-order valence-electron chi connectivity index (χ0n) is 10.5. The molecule has 1 aliphatic rings. The summed E-state index contributed by atoms with van der Waals surface area (Å²) < 4.78 is 15.6. The Hall–Kier alpha value is -1.30. The van der Waals surface area contributed by atoms with Crippen molar-refractivity contribution in [1.82, 2.24) is 5.32 Å². The quantitative estimate of drug-likeness (QED) is 0.737. The first kappa shape index (κ1) is 13.1. The third-order valence-corrected chi connectivity index (χ3v) is 2.78. The van der Waals surface area contributed by atoms with Crippen molar-refractivity contribution >= 4 is 0 Å². The molecule has 1 fully saturated rings. The van der Waals surface area contributed by atoms with Crippen molar-refractivity contribution in [3.8, 4) is 11.5 Å². The summed E-state index contributed by atoms with van der Waals surface area (Å²) in [6.45, 7) is 2.25. The lowest BCUT2D eigenvalue weighted by atomic mass is 10.2. The maximum absolute atomic E-state index is 9.73. The van der Waals surface area contributed by atoms with Crippen molar-refractivity contribution in [3.05, 3.63) is 24.3 Å². The largest absolute Gasteiger partial charge is 0.497 e. The minimum absolute atomic E-state index is 0.271. The van der Waals surface area contributed by atoms with Gasteiger partial charge in [-0.15, -0.1) is 0 Å². The Kier molecular flexibility index (Phi) is 4.81. The molecule has 0 saturated carbocycles. The molecule has 1 aliphatic heterocycles. The molecule has 0 amide bonds. The molecule has 1 aromatic rings. The number of ether oxygens (including phenoxy) is 3. The maximum atomic E-state index is 9.73. The Bertz CT molecular complexity index is 351. The van der Waals surface area contributed by atoms with Crippen LogP contribution < -0.4 is 14.8 Å². The zero-order valence-corrected chi connectivity index (χ0v) is 10.5. The Morgan fingerprint density at radius 2 is 2.00 bits per heavy atom. The third-order valence-electron chi connectivity index (χ3n) is 2.78. The van der Waals surface area contributed by atoms with Crippen molar-refractivity contribution in [2.45, 2.75) is 12.1 Å².